The quantitative estimate of drug-likeness (QED) is 0.737. The van der Waals surface area contributed by atoms with E-state index in [9.17, 15) is 4.79 Å². The van der Waals surface area contributed by atoms with E-state index in [0.29, 0.717) is 11.1 Å². The summed E-state index contributed by atoms with van der Waals surface area (Å²) in [5.74, 6) is -0.242. The minimum atomic E-state index is -0.408. The molecule has 5 nitrogen and oxygen atoms in total. The van der Waals surface area contributed by atoms with Gasteiger partial charge in [0.05, 0.1) is 6.07 Å². The van der Waals surface area contributed by atoms with Crippen molar-refractivity contribution in [1.29, 1.82) is 5.26 Å². The second-order valence-electron chi connectivity index (χ2n) is 2.84. The van der Waals surface area contributed by atoms with Crippen molar-refractivity contribution in [3.63, 3.8) is 0 Å². The molecule has 0 atom stereocenters. The molecule has 2 heterocycles. The van der Waals surface area contributed by atoms with Crippen molar-refractivity contribution in [2.45, 2.75) is 0 Å². The van der Waals surface area contributed by atoms with Crippen molar-refractivity contribution in [3.8, 4) is 6.07 Å². The summed E-state index contributed by atoms with van der Waals surface area (Å²) in [7, 11) is 0. The number of hydrogen-bond acceptors (Lipinski definition) is 4. The fourth-order valence-corrected chi connectivity index (χ4v) is 1.19. The van der Waals surface area contributed by atoms with Crippen LogP contribution in [-0.4, -0.2) is 17.4 Å². The molecular formula is C10H7N3O2. The summed E-state index contributed by atoms with van der Waals surface area (Å²) in [5.41, 5.74) is 1.18. The number of nitrogens with zero attached hydrogens (tertiary/aromatic N) is 2. The van der Waals surface area contributed by atoms with Crippen LogP contribution in [0.2, 0.25) is 0 Å². The van der Waals surface area contributed by atoms with E-state index in [1.54, 1.807) is 24.4 Å². The average Bonchev–Trinajstić information content (AvgIpc) is 2.69. The van der Waals surface area contributed by atoms with Crippen molar-refractivity contribution in [2.24, 2.45) is 0 Å². The maximum atomic E-state index is 11.4. The lowest BCUT2D eigenvalue weighted by molar-refractivity contribution is 0.0933. The molecule has 0 saturated heterocycles. The van der Waals surface area contributed by atoms with Crippen LogP contribution in [0.4, 0.5) is 0 Å². The third kappa shape index (κ3) is 1.79. The lowest BCUT2D eigenvalue weighted by Gasteiger charge is -1.94. The smallest absolute Gasteiger partial charge is 0.287 e. The van der Waals surface area contributed by atoms with E-state index in [1.165, 1.54) is 0 Å². The number of amides is 1. The van der Waals surface area contributed by atoms with Gasteiger partial charge in [0.1, 0.15) is 12.1 Å². The molecule has 5 heteroatoms. The lowest BCUT2D eigenvalue weighted by Crippen LogP contribution is -2.22. The van der Waals surface area contributed by atoms with Gasteiger partial charge in [-0.3, -0.25) is 9.78 Å². The lowest BCUT2D eigenvalue weighted by atomic mass is 10.3. The van der Waals surface area contributed by atoms with Gasteiger partial charge in [-0.15, -0.1) is 0 Å². The minimum Gasteiger partial charge on any atom is -0.449 e. The molecule has 0 aliphatic carbocycles. The van der Waals surface area contributed by atoms with E-state index in [1.807, 2.05) is 6.07 Å². The average molecular weight is 201 g/mol. The number of carbonyl (C=O) groups is 1. The summed E-state index contributed by atoms with van der Waals surface area (Å²) < 4.78 is 5.24. The summed E-state index contributed by atoms with van der Waals surface area (Å²) in [4.78, 5) is 15.4. The molecule has 15 heavy (non-hydrogen) atoms. The Kier molecular flexibility index (Phi) is 2.33. The molecule has 0 aliphatic heterocycles. The Balaban J connectivity index is 2.29. The highest BCUT2D eigenvalue weighted by Crippen LogP contribution is 2.15. The first-order valence-electron chi connectivity index (χ1n) is 4.31. The summed E-state index contributed by atoms with van der Waals surface area (Å²) in [6, 6.07) is 6.81. The Labute approximate surface area is 85.3 Å². The van der Waals surface area contributed by atoms with Gasteiger partial charge in [-0.1, -0.05) is 0 Å². The van der Waals surface area contributed by atoms with E-state index in [-0.39, 0.29) is 12.3 Å². The number of fused-ring (bicyclic) bond motifs is 1. The summed E-state index contributed by atoms with van der Waals surface area (Å²) in [6.07, 6.45) is 1.62. The zero-order valence-corrected chi connectivity index (χ0v) is 7.73. The van der Waals surface area contributed by atoms with Crippen LogP contribution in [0.15, 0.2) is 28.8 Å². The van der Waals surface area contributed by atoms with Gasteiger partial charge in [0.2, 0.25) is 0 Å². The third-order valence-electron chi connectivity index (χ3n) is 1.84. The predicted molar refractivity (Wildman–Crippen MR) is 52.0 cm³/mol. The molecule has 2 rings (SSSR count). The normalized spacial score (nSPS) is 9.80. The Bertz CT molecular complexity index is 506. The Morgan fingerprint density at radius 1 is 1.67 bits per heavy atom. The third-order valence-corrected chi connectivity index (χ3v) is 1.84. The second kappa shape index (κ2) is 3.80. The van der Waals surface area contributed by atoms with E-state index in [0.717, 1.165) is 0 Å². The van der Waals surface area contributed by atoms with Gasteiger partial charge in [-0.25, -0.2) is 0 Å². The van der Waals surface area contributed by atoms with E-state index < -0.39 is 5.91 Å². The number of nitrogens with one attached hydrogen (secondary N) is 1. The van der Waals surface area contributed by atoms with Crippen molar-refractivity contribution in [1.82, 2.24) is 10.3 Å². The maximum Gasteiger partial charge on any atom is 0.287 e. The first kappa shape index (κ1) is 9.21. The molecule has 0 aromatic carbocycles. The molecule has 0 aliphatic rings. The monoisotopic (exact) mass is 201 g/mol. The first-order valence-corrected chi connectivity index (χ1v) is 4.31. The SMILES string of the molecule is N#CCNC(=O)c1cc2ncccc2o1. The Hall–Kier alpha value is -2.35. The molecule has 1 amide bonds. The van der Waals surface area contributed by atoms with Crippen LogP contribution in [0.5, 0.6) is 0 Å². The van der Waals surface area contributed by atoms with Crippen molar-refractivity contribution in [3.05, 3.63) is 30.2 Å². The first-order chi connectivity index (χ1) is 7.31. The molecule has 1 N–H and O–H groups in total. The van der Waals surface area contributed by atoms with Crippen LogP contribution in [0.25, 0.3) is 11.1 Å². The summed E-state index contributed by atoms with van der Waals surface area (Å²) in [6.45, 7) is -0.0384. The molecule has 0 fully saturated rings. The highest BCUT2D eigenvalue weighted by atomic mass is 16.3. The number of pyridine rings is 1. The molecule has 0 unspecified atom stereocenters. The molecular weight excluding hydrogens is 194 g/mol. The summed E-state index contributed by atoms with van der Waals surface area (Å²) in [5, 5.41) is 10.7. The highest BCUT2D eigenvalue weighted by Gasteiger charge is 2.11. The maximum absolute atomic E-state index is 11.4. The van der Waals surface area contributed by atoms with Gasteiger partial charge in [-0.05, 0) is 12.1 Å². The van der Waals surface area contributed by atoms with Crippen molar-refractivity contribution < 1.29 is 9.21 Å². The number of furan rings is 1. The molecule has 0 saturated carbocycles. The second-order valence-corrected chi connectivity index (χ2v) is 2.84. The fourth-order valence-electron chi connectivity index (χ4n) is 1.19. The molecule has 2 aromatic heterocycles. The number of rotatable bonds is 2. The number of nitriles is 1. The summed E-state index contributed by atoms with van der Waals surface area (Å²) >= 11 is 0. The minimum absolute atomic E-state index is 0.0384. The Morgan fingerprint density at radius 2 is 2.53 bits per heavy atom. The van der Waals surface area contributed by atoms with Crippen LogP contribution >= 0.6 is 0 Å². The largest absolute Gasteiger partial charge is 0.449 e. The van der Waals surface area contributed by atoms with Crippen molar-refractivity contribution >= 4 is 17.0 Å². The number of aromatic nitrogens is 1. The van der Waals surface area contributed by atoms with Gasteiger partial charge < -0.3 is 9.73 Å². The van der Waals surface area contributed by atoms with E-state index >= 15 is 0 Å². The van der Waals surface area contributed by atoms with Crippen LogP contribution in [0.1, 0.15) is 10.6 Å². The zero-order valence-electron chi connectivity index (χ0n) is 7.73. The molecule has 74 valence electrons. The van der Waals surface area contributed by atoms with Crippen LogP contribution in [0.3, 0.4) is 0 Å². The molecule has 0 radical (unpaired) electrons. The molecule has 2 aromatic rings. The Morgan fingerprint density at radius 3 is 3.27 bits per heavy atom. The van der Waals surface area contributed by atoms with Gasteiger partial charge in [0.15, 0.2) is 11.3 Å². The van der Waals surface area contributed by atoms with Crippen LogP contribution in [0, 0.1) is 11.3 Å². The van der Waals surface area contributed by atoms with Gasteiger partial charge in [0, 0.05) is 12.3 Å². The standard InChI is InChI=1S/C10H7N3O2/c11-3-5-13-10(14)9-6-7-8(15-9)2-1-4-12-7/h1-2,4,6H,5H2,(H,13,14). The molecule has 0 spiro atoms. The van der Waals surface area contributed by atoms with E-state index in [2.05, 4.69) is 10.3 Å². The van der Waals surface area contributed by atoms with Crippen molar-refractivity contribution in [2.75, 3.05) is 6.54 Å². The highest BCUT2D eigenvalue weighted by molar-refractivity contribution is 5.95. The van der Waals surface area contributed by atoms with Gasteiger partial charge in [-0.2, -0.15) is 5.26 Å². The van der Waals surface area contributed by atoms with Crippen LogP contribution in [-0.2, 0) is 0 Å². The number of hydrogen-bond donors (Lipinski definition) is 1. The van der Waals surface area contributed by atoms with Gasteiger partial charge >= 0.3 is 0 Å². The van der Waals surface area contributed by atoms with Gasteiger partial charge in [0.25, 0.3) is 5.91 Å². The number of carbonyl (C=O) groups excluding carboxylic acids is 1. The zero-order chi connectivity index (χ0) is 10.7. The van der Waals surface area contributed by atoms with E-state index in [4.69, 9.17) is 9.68 Å². The molecule has 0 bridgehead atoms. The topological polar surface area (TPSA) is 78.9 Å². The van der Waals surface area contributed by atoms with Crippen LogP contribution < -0.4 is 5.32 Å². The fraction of sp³-hybridized carbons (Fsp3) is 0.100. The predicted octanol–water partition coefficient (Wildman–Crippen LogP) is 1.08.